The molecule has 0 spiro atoms. The quantitative estimate of drug-likeness (QED) is 0.494. The number of urea groups is 1. The normalized spacial score (nSPS) is 15.2. The van der Waals surface area contributed by atoms with Crippen LogP contribution in [0.2, 0.25) is 0 Å². The van der Waals surface area contributed by atoms with E-state index in [0.717, 1.165) is 4.88 Å². The van der Waals surface area contributed by atoms with E-state index >= 15 is 0 Å². The van der Waals surface area contributed by atoms with Crippen LogP contribution in [-0.2, 0) is 15.3 Å². The molecule has 1 aliphatic heterocycles. The standard InChI is InChI=1S/C25H28N4O5S2/c1-25(2,3)21-16-20(22(35-21)23(30)29-12-14-36(32,33)15-13-29)28-24(31)27-17-4-6-18(7-5-17)34-19-8-10-26-11-9-19/h4-11,16H,12-15H2,1-3H3,(H2,27,28,31). The Kier molecular flexibility index (Phi) is 7.32. The minimum absolute atomic E-state index is 0.0552. The summed E-state index contributed by atoms with van der Waals surface area (Å²) in [6, 6.07) is 11.7. The number of benzene rings is 1. The summed E-state index contributed by atoms with van der Waals surface area (Å²) in [5.41, 5.74) is 0.722. The van der Waals surface area contributed by atoms with Gasteiger partial charge in [-0.1, -0.05) is 20.8 Å². The summed E-state index contributed by atoms with van der Waals surface area (Å²) in [6.45, 7) is 6.37. The molecule has 0 saturated carbocycles. The summed E-state index contributed by atoms with van der Waals surface area (Å²) in [7, 11) is -3.12. The van der Waals surface area contributed by atoms with Crippen LogP contribution in [0, 0.1) is 0 Å². The number of hydrogen-bond donors (Lipinski definition) is 2. The van der Waals surface area contributed by atoms with Crippen molar-refractivity contribution in [3.63, 3.8) is 0 Å². The SMILES string of the molecule is CC(C)(C)c1cc(NC(=O)Nc2ccc(Oc3ccncc3)cc2)c(C(=O)N2CCS(=O)(=O)CC2)s1. The van der Waals surface area contributed by atoms with Crippen molar-refractivity contribution in [3.05, 3.63) is 64.6 Å². The highest BCUT2D eigenvalue weighted by Gasteiger charge is 2.30. The molecule has 2 N–H and O–H groups in total. The minimum Gasteiger partial charge on any atom is -0.457 e. The summed E-state index contributed by atoms with van der Waals surface area (Å²) in [4.78, 5) is 32.8. The number of thiophene rings is 1. The van der Waals surface area contributed by atoms with Crippen LogP contribution in [0.5, 0.6) is 11.5 Å². The van der Waals surface area contributed by atoms with Gasteiger partial charge in [0.15, 0.2) is 9.84 Å². The zero-order valence-corrected chi connectivity index (χ0v) is 21.9. The molecular formula is C25H28N4O5S2. The molecule has 1 aliphatic rings. The molecule has 9 nitrogen and oxygen atoms in total. The summed E-state index contributed by atoms with van der Waals surface area (Å²) in [6.07, 6.45) is 3.27. The zero-order valence-electron chi connectivity index (χ0n) is 20.3. The van der Waals surface area contributed by atoms with E-state index in [9.17, 15) is 18.0 Å². The number of anilines is 2. The molecule has 1 aromatic carbocycles. The van der Waals surface area contributed by atoms with Crippen molar-refractivity contribution in [1.29, 1.82) is 0 Å². The van der Waals surface area contributed by atoms with E-state index in [2.05, 4.69) is 15.6 Å². The number of amides is 3. The van der Waals surface area contributed by atoms with Gasteiger partial charge in [-0.3, -0.25) is 9.78 Å². The van der Waals surface area contributed by atoms with Crippen molar-refractivity contribution >= 4 is 44.5 Å². The lowest BCUT2D eigenvalue weighted by molar-refractivity contribution is 0.0776. The maximum absolute atomic E-state index is 13.3. The first-order chi connectivity index (χ1) is 17.0. The predicted octanol–water partition coefficient (Wildman–Crippen LogP) is 4.75. The van der Waals surface area contributed by atoms with Gasteiger partial charge in [-0.2, -0.15) is 0 Å². The number of hydrogen-bond acceptors (Lipinski definition) is 7. The Hall–Kier alpha value is -3.44. The highest BCUT2D eigenvalue weighted by atomic mass is 32.2. The van der Waals surface area contributed by atoms with E-state index in [0.29, 0.717) is 27.8 Å². The first-order valence-electron chi connectivity index (χ1n) is 11.4. The van der Waals surface area contributed by atoms with Crippen LogP contribution in [0.4, 0.5) is 16.2 Å². The molecule has 3 amide bonds. The van der Waals surface area contributed by atoms with Gasteiger partial charge in [0, 0.05) is 36.0 Å². The summed E-state index contributed by atoms with van der Waals surface area (Å²) in [5.74, 6) is 0.870. The molecule has 2 aromatic heterocycles. The van der Waals surface area contributed by atoms with Crippen molar-refractivity contribution < 1.29 is 22.7 Å². The zero-order chi connectivity index (χ0) is 25.9. The predicted molar refractivity (Wildman–Crippen MR) is 141 cm³/mol. The average Bonchev–Trinajstić information content (AvgIpc) is 3.25. The lowest BCUT2D eigenvalue weighted by Crippen LogP contribution is -2.43. The number of pyridine rings is 1. The maximum atomic E-state index is 13.3. The number of ether oxygens (including phenoxy) is 1. The third kappa shape index (κ3) is 6.41. The molecule has 0 radical (unpaired) electrons. The molecule has 1 fully saturated rings. The van der Waals surface area contributed by atoms with Crippen molar-refractivity contribution in [1.82, 2.24) is 9.88 Å². The fourth-order valence-electron chi connectivity index (χ4n) is 3.50. The largest absolute Gasteiger partial charge is 0.457 e. The van der Waals surface area contributed by atoms with Crippen LogP contribution in [0.25, 0.3) is 0 Å². The Bertz CT molecular complexity index is 1330. The first-order valence-corrected chi connectivity index (χ1v) is 14.0. The number of nitrogens with one attached hydrogen (secondary N) is 2. The third-order valence-electron chi connectivity index (χ3n) is 5.54. The van der Waals surface area contributed by atoms with Crippen molar-refractivity contribution in [2.24, 2.45) is 0 Å². The molecule has 1 saturated heterocycles. The van der Waals surface area contributed by atoms with E-state index in [-0.39, 0.29) is 35.9 Å². The number of carbonyl (C=O) groups excluding carboxylic acids is 2. The van der Waals surface area contributed by atoms with E-state index in [4.69, 9.17) is 4.74 Å². The Labute approximate surface area is 214 Å². The Morgan fingerprint density at radius 1 is 0.972 bits per heavy atom. The molecule has 0 bridgehead atoms. The lowest BCUT2D eigenvalue weighted by Gasteiger charge is -2.26. The molecule has 11 heteroatoms. The van der Waals surface area contributed by atoms with Gasteiger partial charge < -0.3 is 20.3 Å². The van der Waals surface area contributed by atoms with Gasteiger partial charge in [0.25, 0.3) is 5.91 Å². The number of sulfone groups is 1. The fraction of sp³-hybridized carbons (Fsp3) is 0.320. The second-order valence-electron chi connectivity index (χ2n) is 9.44. The van der Waals surface area contributed by atoms with Gasteiger partial charge in [0.05, 0.1) is 17.2 Å². The molecule has 4 rings (SSSR count). The van der Waals surface area contributed by atoms with Gasteiger partial charge in [-0.25, -0.2) is 13.2 Å². The van der Waals surface area contributed by atoms with Crippen LogP contribution in [0.15, 0.2) is 54.9 Å². The fourth-order valence-corrected chi connectivity index (χ4v) is 5.85. The number of carbonyl (C=O) groups is 2. The minimum atomic E-state index is -3.12. The Morgan fingerprint density at radius 3 is 2.19 bits per heavy atom. The molecule has 0 aliphatic carbocycles. The van der Waals surface area contributed by atoms with Crippen LogP contribution in [0.1, 0.15) is 35.3 Å². The van der Waals surface area contributed by atoms with Gasteiger partial charge >= 0.3 is 6.03 Å². The van der Waals surface area contributed by atoms with Crippen LogP contribution in [0.3, 0.4) is 0 Å². The Morgan fingerprint density at radius 2 is 1.58 bits per heavy atom. The Balaban J connectivity index is 1.46. The van der Waals surface area contributed by atoms with E-state index in [1.54, 1.807) is 48.8 Å². The summed E-state index contributed by atoms with van der Waals surface area (Å²) in [5, 5.41) is 5.57. The van der Waals surface area contributed by atoms with E-state index in [1.807, 2.05) is 26.8 Å². The molecular weight excluding hydrogens is 500 g/mol. The van der Waals surface area contributed by atoms with Crippen molar-refractivity contribution in [3.8, 4) is 11.5 Å². The van der Waals surface area contributed by atoms with Gasteiger partial charge in [0.1, 0.15) is 16.4 Å². The molecule has 36 heavy (non-hydrogen) atoms. The van der Waals surface area contributed by atoms with Crippen LogP contribution in [-0.4, -0.2) is 54.8 Å². The third-order valence-corrected chi connectivity index (χ3v) is 8.70. The molecule has 3 heterocycles. The molecule has 3 aromatic rings. The van der Waals surface area contributed by atoms with Crippen molar-refractivity contribution in [2.75, 3.05) is 35.2 Å². The molecule has 0 atom stereocenters. The highest BCUT2D eigenvalue weighted by molar-refractivity contribution is 7.91. The summed E-state index contributed by atoms with van der Waals surface area (Å²) >= 11 is 1.32. The van der Waals surface area contributed by atoms with Crippen molar-refractivity contribution in [2.45, 2.75) is 26.2 Å². The topological polar surface area (TPSA) is 118 Å². The monoisotopic (exact) mass is 528 g/mol. The second kappa shape index (κ2) is 10.3. The molecule has 190 valence electrons. The number of aromatic nitrogens is 1. The van der Waals surface area contributed by atoms with Crippen LogP contribution >= 0.6 is 11.3 Å². The second-order valence-corrected chi connectivity index (χ2v) is 12.8. The van der Waals surface area contributed by atoms with Gasteiger partial charge in [0.2, 0.25) is 0 Å². The summed E-state index contributed by atoms with van der Waals surface area (Å²) < 4.78 is 29.3. The molecule has 0 unspecified atom stereocenters. The first kappa shape index (κ1) is 25.6. The van der Waals surface area contributed by atoms with Crippen LogP contribution < -0.4 is 15.4 Å². The number of nitrogens with zero attached hydrogens (tertiary/aromatic N) is 2. The average molecular weight is 529 g/mol. The highest BCUT2D eigenvalue weighted by Crippen LogP contribution is 2.36. The van der Waals surface area contributed by atoms with E-state index in [1.165, 1.54) is 16.2 Å². The maximum Gasteiger partial charge on any atom is 0.323 e. The van der Waals surface area contributed by atoms with E-state index < -0.39 is 15.9 Å². The van der Waals surface area contributed by atoms with Gasteiger partial charge in [-0.15, -0.1) is 11.3 Å². The lowest BCUT2D eigenvalue weighted by atomic mass is 9.94. The van der Waals surface area contributed by atoms with Gasteiger partial charge in [-0.05, 0) is 47.9 Å². The smallest absolute Gasteiger partial charge is 0.323 e. The number of rotatable bonds is 5.